The van der Waals surface area contributed by atoms with E-state index in [0.29, 0.717) is 5.95 Å². The first-order valence-electron chi connectivity index (χ1n) is 9.13. The molecule has 0 radical (unpaired) electrons. The molecule has 0 saturated carbocycles. The van der Waals surface area contributed by atoms with Crippen molar-refractivity contribution >= 4 is 46.2 Å². The molecule has 2 aromatic carbocycles. The van der Waals surface area contributed by atoms with Gasteiger partial charge in [-0.3, -0.25) is 0 Å². The fourth-order valence-corrected chi connectivity index (χ4v) is 3.99. The smallest absolute Gasteiger partial charge is 0.222 e. The topological polar surface area (TPSA) is 60.0 Å². The van der Waals surface area contributed by atoms with Crippen LogP contribution in [-0.4, -0.2) is 27.6 Å². The average molecular weight is 378 g/mol. The highest BCUT2D eigenvalue weighted by molar-refractivity contribution is 7.80. The van der Waals surface area contributed by atoms with Gasteiger partial charge in [-0.05, 0) is 43.7 Å². The second-order valence-corrected chi connectivity index (χ2v) is 7.15. The Morgan fingerprint density at radius 1 is 1.11 bits per heavy atom. The number of aromatic nitrogens is 3. The molecule has 0 bridgehead atoms. The summed E-state index contributed by atoms with van der Waals surface area (Å²) in [6.07, 6.45) is 2.08. The molecular weight excluding hydrogens is 354 g/mol. The van der Waals surface area contributed by atoms with E-state index >= 15 is 0 Å². The Morgan fingerprint density at radius 3 is 2.59 bits per heavy atom. The second-order valence-electron chi connectivity index (χ2n) is 6.64. The molecule has 0 saturated heterocycles. The SMILES string of the molecule is CCN(CC)c1nc(N)nc2cc(-c3cccc(S)c3)c3c(ccn3C)c12. The summed E-state index contributed by atoms with van der Waals surface area (Å²) in [7, 11) is 2.07. The maximum atomic E-state index is 6.07. The van der Waals surface area contributed by atoms with Crippen LogP contribution in [0.4, 0.5) is 11.8 Å². The van der Waals surface area contributed by atoms with Crippen LogP contribution in [0.5, 0.6) is 0 Å². The number of fused-ring (bicyclic) bond motifs is 3. The highest BCUT2D eigenvalue weighted by Gasteiger charge is 2.19. The zero-order valence-electron chi connectivity index (χ0n) is 15.8. The molecule has 0 atom stereocenters. The quantitative estimate of drug-likeness (QED) is 0.514. The second kappa shape index (κ2) is 6.78. The predicted octanol–water partition coefficient (Wildman–Crippen LogP) is 4.51. The van der Waals surface area contributed by atoms with E-state index < -0.39 is 0 Å². The Labute approximate surface area is 164 Å². The van der Waals surface area contributed by atoms with Gasteiger partial charge in [-0.1, -0.05) is 12.1 Å². The van der Waals surface area contributed by atoms with Gasteiger partial charge in [-0.2, -0.15) is 4.98 Å². The van der Waals surface area contributed by atoms with Gasteiger partial charge in [0.15, 0.2) is 0 Å². The largest absolute Gasteiger partial charge is 0.368 e. The van der Waals surface area contributed by atoms with E-state index in [4.69, 9.17) is 5.73 Å². The summed E-state index contributed by atoms with van der Waals surface area (Å²) < 4.78 is 2.15. The predicted molar refractivity (Wildman–Crippen MR) is 117 cm³/mol. The van der Waals surface area contributed by atoms with Gasteiger partial charge in [0, 0.05) is 42.2 Å². The molecule has 0 aliphatic carbocycles. The Kier molecular flexibility index (Phi) is 4.44. The number of benzene rings is 2. The zero-order valence-corrected chi connectivity index (χ0v) is 16.7. The third-order valence-corrected chi connectivity index (χ3v) is 5.31. The fraction of sp³-hybridized carbons (Fsp3) is 0.238. The molecule has 0 amide bonds. The summed E-state index contributed by atoms with van der Waals surface area (Å²) in [6.45, 7) is 5.98. The third kappa shape index (κ3) is 2.90. The molecule has 0 fully saturated rings. The fourth-order valence-electron chi connectivity index (χ4n) is 3.76. The Hall–Kier alpha value is -2.73. The molecular formula is C21H23N5S. The molecule has 0 aliphatic rings. The van der Waals surface area contributed by atoms with Gasteiger partial charge in [0.1, 0.15) is 5.82 Å². The maximum Gasteiger partial charge on any atom is 0.222 e. The lowest BCUT2D eigenvalue weighted by atomic mass is 9.99. The first-order valence-corrected chi connectivity index (χ1v) is 9.57. The molecule has 138 valence electrons. The first-order chi connectivity index (χ1) is 13.0. The third-order valence-electron chi connectivity index (χ3n) is 5.03. The number of nitrogens with two attached hydrogens (primary N) is 1. The van der Waals surface area contributed by atoms with Crippen molar-refractivity contribution in [1.82, 2.24) is 14.5 Å². The summed E-state index contributed by atoms with van der Waals surface area (Å²) >= 11 is 4.51. The van der Waals surface area contributed by atoms with E-state index in [1.165, 1.54) is 0 Å². The first kappa shape index (κ1) is 17.7. The van der Waals surface area contributed by atoms with Gasteiger partial charge in [-0.15, -0.1) is 12.6 Å². The lowest BCUT2D eigenvalue weighted by molar-refractivity contribution is 0.851. The van der Waals surface area contributed by atoms with Crippen molar-refractivity contribution < 1.29 is 0 Å². The number of anilines is 2. The summed E-state index contributed by atoms with van der Waals surface area (Å²) in [5, 5.41) is 2.19. The highest BCUT2D eigenvalue weighted by atomic mass is 32.1. The van der Waals surface area contributed by atoms with Crippen LogP contribution in [0.25, 0.3) is 32.9 Å². The molecule has 6 heteroatoms. The van der Waals surface area contributed by atoms with Crippen LogP contribution in [0.15, 0.2) is 47.5 Å². The normalized spacial score (nSPS) is 11.4. The molecule has 0 unspecified atom stereocenters. The van der Waals surface area contributed by atoms with Crippen molar-refractivity contribution in [3.05, 3.63) is 42.6 Å². The summed E-state index contributed by atoms with van der Waals surface area (Å²) in [5.41, 5.74) is 10.3. The highest BCUT2D eigenvalue weighted by Crippen LogP contribution is 2.38. The lowest BCUT2D eigenvalue weighted by Gasteiger charge is -2.22. The van der Waals surface area contributed by atoms with Crippen LogP contribution in [0.1, 0.15) is 13.8 Å². The van der Waals surface area contributed by atoms with Crippen molar-refractivity contribution in [2.75, 3.05) is 23.7 Å². The van der Waals surface area contributed by atoms with Crippen LogP contribution < -0.4 is 10.6 Å². The lowest BCUT2D eigenvalue weighted by Crippen LogP contribution is -2.24. The number of nitrogens with zero attached hydrogens (tertiary/aromatic N) is 4. The van der Waals surface area contributed by atoms with Crippen LogP contribution in [0, 0.1) is 0 Å². The van der Waals surface area contributed by atoms with Crippen molar-refractivity contribution in [2.24, 2.45) is 7.05 Å². The van der Waals surface area contributed by atoms with Crippen molar-refractivity contribution in [2.45, 2.75) is 18.7 Å². The van der Waals surface area contributed by atoms with E-state index in [2.05, 4.69) is 83.4 Å². The maximum absolute atomic E-state index is 6.07. The molecule has 2 aromatic heterocycles. The van der Waals surface area contributed by atoms with E-state index in [0.717, 1.165) is 56.7 Å². The minimum absolute atomic E-state index is 0.300. The summed E-state index contributed by atoms with van der Waals surface area (Å²) in [5.74, 6) is 1.20. The van der Waals surface area contributed by atoms with Crippen LogP contribution >= 0.6 is 12.6 Å². The zero-order chi connectivity index (χ0) is 19.1. The van der Waals surface area contributed by atoms with Gasteiger partial charge in [0.05, 0.1) is 16.4 Å². The Morgan fingerprint density at radius 2 is 1.89 bits per heavy atom. The minimum atomic E-state index is 0.300. The van der Waals surface area contributed by atoms with Crippen LogP contribution in [0.2, 0.25) is 0 Å². The van der Waals surface area contributed by atoms with E-state index in [1.54, 1.807) is 0 Å². The molecule has 4 rings (SSSR count). The van der Waals surface area contributed by atoms with Crippen molar-refractivity contribution in [3.8, 4) is 11.1 Å². The summed E-state index contributed by atoms with van der Waals surface area (Å²) in [6, 6.07) is 12.4. The average Bonchev–Trinajstić information content (AvgIpc) is 3.03. The van der Waals surface area contributed by atoms with Gasteiger partial charge in [0.2, 0.25) is 5.95 Å². The monoisotopic (exact) mass is 377 g/mol. The molecule has 2 heterocycles. The number of aryl methyl sites for hydroxylation is 1. The molecule has 5 nitrogen and oxygen atoms in total. The molecule has 4 aromatic rings. The van der Waals surface area contributed by atoms with Crippen molar-refractivity contribution in [1.29, 1.82) is 0 Å². The van der Waals surface area contributed by atoms with Gasteiger partial charge in [0.25, 0.3) is 0 Å². The summed E-state index contributed by atoms with van der Waals surface area (Å²) in [4.78, 5) is 12.3. The number of thiol groups is 1. The number of nitrogen functional groups attached to an aromatic ring is 1. The van der Waals surface area contributed by atoms with Gasteiger partial charge >= 0.3 is 0 Å². The van der Waals surface area contributed by atoms with Gasteiger partial charge < -0.3 is 15.2 Å². The standard InChI is InChI=1S/C21H23N5S/c1-4-26(5-2)20-18-15-9-10-25(3)19(15)16(12-17(18)23-21(22)24-20)13-7-6-8-14(27)11-13/h6-12,27H,4-5H2,1-3H3,(H2,22,23,24). The minimum Gasteiger partial charge on any atom is -0.368 e. The molecule has 27 heavy (non-hydrogen) atoms. The van der Waals surface area contributed by atoms with E-state index in [-0.39, 0.29) is 0 Å². The van der Waals surface area contributed by atoms with Crippen LogP contribution in [-0.2, 0) is 7.05 Å². The molecule has 0 aliphatic heterocycles. The van der Waals surface area contributed by atoms with E-state index in [9.17, 15) is 0 Å². The molecule has 2 N–H and O–H groups in total. The number of hydrogen-bond acceptors (Lipinski definition) is 5. The number of rotatable bonds is 4. The van der Waals surface area contributed by atoms with E-state index in [1.807, 2.05) is 12.1 Å². The van der Waals surface area contributed by atoms with Gasteiger partial charge in [-0.25, -0.2) is 4.98 Å². The Bertz CT molecular complexity index is 1140. The Balaban J connectivity index is 2.15. The van der Waals surface area contributed by atoms with Crippen LogP contribution in [0.3, 0.4) is 0 Å². The van der Waals surface area contributed by atoms with Crippen molar-refractivity contribution in [3.63, 3.8) is 0 Å². The molecule has 0 spiro atoms. The number of hydrogen-bond donors (Lipinski definition) is 2.